The summed E-state index contributed by atoms with van der Waals surface area (Å²) in [5.74, 6) is 0.928. The van der Waals surface area contributed by atoms with Gasteiger partial charge in [-0.15, -0.1) is 10.2 Å². The van der Waals surface area contributed by atoms with Crippen LogP contribution in [0.2, 0.25) is 0 Å². The SMILES string of the molecule is CC(C)CNC(=O)c1ccc(NCCCc2ccccc2)nn1. The van der Waals surface area contributed by atoms with Crippen molar-refractivity contribution in [3.63, 3.8) is 0 Å². The van der Waals surface area contributed by atoms with Crippen LogP contribution in [0.25, 0.3) is 0 Å². The second kappa shape index (κ2) is 8.88. The Bertz CT molecular complexity index is 596. The molecule has 23 heavy (non-hydrogen) atoms. The third-order valence-electron chi connectivity index (χ3n) is 3.36. The molecule has 0 aliphatic heterocycles. The molecule has 1 aromatic carbocycles. The molecule has 0 aliphatic rings. The average molecular weight is 312 g/mol. The molecule has 5 heteroatoms. The van der Waals surface area contributed by atoms with Gasteiger partial charge in [0.2, 0.25) is 0 Å². The monoisotopic (exact) mass is 312 g/mol. The largest absolute Gasteiger partial charge is 0.369 e. The molecule has 0 bridgehead atoms. The zero-order chi connectivity index (χ0) is 16.5. The molecule has 1 aromatic heterocycles. The minimum Gasteiger partial charge on any atom is -0.369 e. The molecule has 0 atom stereocenters. The summed E-state index contributed by atoms with van der Waals surface area (Å²) in [4.78, 5) is 11.8. The van der Waals surface area contributed by atoms with Gasteiger partial charge in [0.05, 0.1) is 0 Å². The van der Waals surface area contributed by atoms with Gasteiger partial charge < -0.3 is 10.6 Å². The van der Waals surface area contributed by atoms with E-state index in [0.29, 0.717) is 24.0 Å². The van der Waals surface area contributed by atoms with Gasteiger partial charge in [-0.2, -0.15) is 0 Å². The average Bonchev–Trinajstić information content (AvgIpc) is 2.58. The number of nitrogens with one attached hydrogen (secondary N) is 2. The molecule has 5 nitrogen and oxygen atoms in total. The maximum atomic E-state index is 11.8. The van der Waals surface area contributed by atoms with Gasteiger partial charge in [-0.1, -0.05) is 44.2 Å². The van der Waals surface area contributed by atoms with E-state index in [4.69, 9.17) is 0 Å². The minimum atomic E-state index is -0.179. The van der Waals surface area contributed by atoms with Crippen LogP contribution in [0.5, 0.6) is 0 Å². The summed E-state index contributed by atoms with van der Waals surface area (Å²) in [6.07, 6.45) is 2.04. The molecule has 0 radical (unpaired) electrons. The van der Waals surface area contributed by atoms with Crippen molar-refractivity contribution < 1.29 is 4.79 Å². The molecule has 2 N–H and O–H groups in total. The summed E-state index contributed by atoms with van der Waals surface area (Å²) >= 11 is 0. The molecule has 0 saturated heterocycles. The third kappa shape index (κ3) is 6.06. The first-order valence-electron chi connectivity index (χ1n) is 8.05. The van der Waals surface area contributed by atoms with Gasteiger partial charge in [-0.05, 0) is 36.5 Å². The lowest BCUT2D eigenvalue weighted by molar-refractivity contribution is 0.0943. The Labute approximate surface area is 137 Å². The summed E-state index contributed by atoms with van der Waals surface area (Å²) in [6.45, 7) is 5.56. The fourth-order valence-electron chi connectivity index (χ4n) is 2.09. The van der Waals surface area contributed by atoms with E-state index in [1.54, 1.807) is 12.1 Å². The molecular formula is C18H24N4O. The highest BCUT2D eigenvalue weighted by molar-refractivity contribution is 5.92. The first-order valence-corrected chi connectivity index (χ1v) is 8.05. The van der Waals surface area contributed by atoms with Crippen molar-refractivity contribution in [2.45, 2.75) is 26.7 Å². The van der Waals surface area contributed by atoms with Crippen LogP contribution in [0.3, 0.4) is 0 Å². The van der Waals surface area contributed by atoms with Crippen molar-refractivity contribution in [3.05, 3.63) is 53.7 Å². The number of amides is 1. The Morgan fingerprint density at radius 1 is 1.09 bits per heavy atom. The van der Waals surface area contributed by atoms with Gasteiger partial charge in [0, 0.05) is 13.1 Å². The smallest absolute Gasteiger partial charge is 0.271 e. The van der Waals surface area contributed by atoms with Gasteiger partial charge in [-0.25, -0.2) is 0 Å². The van der Waals surface area contributed by atoms with Crippen LogP contribution in [0, 0.1) is 5.92 Å². The lowest BCUT2D eigenvalue weighted by Gasteiger charge is -2.08. The summed E-state index contributed by atoms with van der Waals surface area (Å²) in [6, 6.07) is 13.9. The van der Waals surface area contributed by atoms with E-state index in [1.807, 2.05) is 6.07 Å². The number of carbonyl (C=O) groups is 1. The zero-order valence-electron chi connectivity index (χ0n) is 13.7. The van der Waals surface area contributed by atoms with Gasteiger partial charge >= 0.3 is 0 Å². The topological polar surface area (TPSA) is 66.9 Å². The van der Waals surface area contributed by atoms with Crippen LogP contribution in [-0.2, 0) is 6.42 Å². The van der Waals surface area contributed by atoms with Gasteiger partial charge in [-0.3, -0.25) is 4.79 Å². The molecule has 2 aromatic rings. The van der Waals surface area contributed by atoms with E-state index in [9.17, 15) is 4.79 Å². The van der Waals surface area contributed by atoms with Gasteiger partial charge in [0.25, 0.3) is 5.91 Å². The van der Waals surface area contributed by atoms with Crippen LogP contribution in [-0.4, -0.2) is 29.2 Å². The maximum Gasteiger partial charge on any atom is 0.271 e. The predicted octanol–water partition coefficient (Wildman–Crippen LogP) is 2.91. The zero-order valence-corrected chi connectivity index (χ0v) is 13.7. The number of hydrogen-bond acceptors (Lipinski definition) is 4. The molecule has 0 aliphatic carbocycles. The Balaban J connectivity index is 1.73. The first kappa shape index (κ1) is 16.9. The predicted molar refractivity (Wildman–Crippen MR) is 92.5 cm³/mol. The Morgan fingerprint density at radius 3 is 2.52 bits per heavy atom. The van der Waals surface area contributed by atoms with E-state index in [-0.39, 0.29) is 5.91 Å². The van der Waals surface area contributed by atoms with Crippen molar-refractivity contribution in [3.8, 4) is 0 Å². The Hall–Kier alpha value is -2.43. The molecule has 1 amide bonds. The number of hydrogen-bond donors (Lipinski definition) is 2. The molecular weight excluding hydrogens is 288 g/mol. The number of anilines is 1. The Morgan fingerprint density at radius 2 is 1.87 bits per heavy atom. The van der Waals surface area contributed by atoms with Crippen molar-refractivity contribution in [1.82, 2.24) is 15.5 Å². The second-order valence-electron chi connectivity index (χ2n) is 5.92. The number of aryl methyl sites for hydroxylation is 1. The van der Waals surface area contributed by atoms with Crippen LogP contribution in [0.4, 0.5) is 5.82 Å². The normalized spacial score (nSPS) is 10.6. The van der Waals surface area contributed by atoms with Crippen LogP contribution in [0.15, 0.2) is 42.5 Å². The number of aromatic nitrogens is 2. The second-order valence-corrected chi connectivity index (χ2v) is 5.92. The highest BCUT2D eigenvalue weighted by Gasteiger charge is 2.08. The fourth-order valence-corrected chi connectivity index (χ4v) is 2.09. The number of rotatable bonds is 8. The summed E-state index contributed by atoms with van der Waals surface area (Å²) in [5.41, 5.74) is 1.68. The molecule has 0 spiro atoms. The van der Waals surface area contributed by atoms with Crippen molar-refractivity contribution >= 4 is 11.7 Å². The van der Waals surface area contributed by atoms with Gasteiger partial charge in [0.1, 0.15) is 5.82 Å². The molecule has 0 unspecified atom stereocenters. The highest BCUT2D eigenvalue weighted by atomic mass is 16.1. The van der Waals surface area contributed by atoms with Gasteiger partial charge in [0.15, 0.2) is 5.69 Å². The summed E-state index contributed by atoms with van der Waals surface area (Å²) < 4.78 is 0. The van der Waals surface area contributed by atoms with E-state index < -0.39 is 0 Å². The quantitative estimate of drug-likeness (QED) is 0.736. The standard InChI is InChI=1S/C18H24N4O/c1-14(2)13-20-18(23)16-10-11-17(22-21-16)19-12-6-9-15-7-4-3-5-8-15/h3-5,7-8,10-11,14H,6,9,12-13H2,1-2H3,(H,19,22)(H,20,23). The number of carbonyl (C=O) groups excluding carboxylic acids is 1. The summed E-state index contributed by atoms with van der Waals surface area (Å²) in [5, 5.41) is 14.1. The Kier molecular flexibility index (Phi) is 6.54. The van der Waals surface area contributed by atoms with E-state index in [1.165, 1.54) is 5.56 Å². The molecule has 122 valence electrons. The lowest BCUT2D eigenvalue weighted by atomic mass is 10.1. The van der Waals surface area contributed by atoms with E-state index in [0.717, 1.165) is 19.4 Å². The van der Waals surface area contributed by atoms with Crippen molar-refractivity contribution in [2.24, 2.45) is 5.92 Å². The summed E-state index contributed by atoms with van der Waals surface area (Å²) in [7, 11) is 0. The molecule has 1 heterocycles. The van der Waals surface area contributed by atoms with Crippen molar-refractivity contribution in [1.29, 1.82) is 0 Å². The van der Waals surface area contributed by atoms with Crippen LogP contribution < -0.4 is 10.6 Å². The molecule has 2 rings (SSSR count). The highest BCUT2D eigenvalue weighted by Crippen LogP contribution is 2.05. The minimum absolute atomic E-state index is 0.179. The molecule has 0 saturated carbocycles. The number of nitrogens with zero attached hydrogens (tertiary/aromatic N) is 2. The van der Waals surface area contributed by atoms with Crippen LogP contribution in [0.1, 0.15) is 36.3 Å². The van der Waals surface area contributed by atoms with Crippen LogP contribution >= 0.6 is 0 Å². The first-order chi connectivity index (χ1) is 11.1. The fraction of sp³-hybridized carbons (Fsp3) is 0.389. The lowest BCUT2D eigenvalue weighted by Crippen LogP contribution is -2.28. The molecule has 0 fully saturated rings. The third-order valence-corrected chi connectivity index (χ3v) is 3.36. The van der Waals surface area contributed by atoms with E-state index >= 15 is 0 Å². The number of benzene rings is 1. The maximum absolute atomic E-state index is 11.8. The van der Waals surface area contributed by atoms with E-state index in [2.05, 4.69) is 58.9 Å². The van der Waals surface area contributed by atoms with Crippen molar-refractivity contribution in [2.75, 3.05) is 18.4 Å².